The number of carbonyl (C=O) groups excluding carboxylic acids is 3. The van der Waals surface area contributed by atoms with Gasteiger partial charge in [-0.25, -0.2) is 15.0 Å². The predicted octanol–water partition coefficient (Wildman–Crippen LogP) is 1.87. The Balaban J connectivity index is 1.69. The first kappa shape index (κ1) is 24.2. The van der Waals surface area contributed by atoms with Crippen LogP contribution in [0.3, 0.4) is 0 Å². The standard InChI is InChI=1S/C20H22N6O5S3/c1-9-19-26-15(10(2)31-19)18(29)21-6-14-23-12(7-32-14)17(28)24-11(4-5-34(3)30)20-25-13(8-33-20)16(27)22-9/h7-9,11H,4-6H2,1-3H3,(H,21,29)(H,22,27)(H,24,28)/t9-,11+,34?/m0/s1. The molecule has 11 nitrogen and oxygen atoms in total. The summed E-state index contributed by atoms with van der Waals surface area (Å²) in [7, 11) is -1.07. The molecule has 4 rings (SSSR count). The van der Waals surface area contributed by atoms with Crippen molar-refractivity contribution in [3.8, 4) is 0 Å². The van der Waals surface area contributed by atoms with Crippen LogP contribution in [-0.4, -0.2) is 48.9 Å². The first-order valence-corrected chi connectivity index (χ1v) is 13.8. The molecule has 14 heteroatoms. The molecule has 3 aromatic heterocycles. The maximum absolute atomic E-state index is 12.8. The average molecular weight is 523 g/mol. The van der Waals surface area contributed by atoms with Crippen LogP contribution in [-0.2, 0) is 17.3 Å². The molecular formula is C20H22N6O5S3. The Bertz CT molecular complexity index is 1270. The number of amides is 3. The van der Waals surface area contributed by atoms with E-state index in [-0.39, 0.29) is 29.5 Å². The van der Waals surface area contributed by atoms with E-state index < -0.39 is 40.6 Å². The van der Waals surface area contributed by atoms with Gasteiger partial charge in [-0.05, 0) is 20.3 Å². The van der Waals surface area contributed by atoms with Crippen molar-refractivity contribution in [2.75, 3.05) is 12.0 Å². The van der Waals surface area contributed by atoms with Crippen LogP contribution in [0.4, 0.5) is 0 Å². The van der Waals surface area contributed by atoms with Gasteiger partial charge < -0.3 is 20.4 Å². The Morgan fingerprint density at radius 2 is 1.76 bits per heavy atom. The number of nitrogens with one attached hydrogen (secondary N) is 3. The molecule has 3 atom stereocenters. The summed E-state index contributed by atoms with van der Waals surface area (Å²) in [5, 5.41) is 12.6. The third-order valence-corrected chi connectivity index (χ3v) is 7.60. The highest BCUT2D eigenvalue weighted by Gasteiger charge is 2.26. The molecule has 3 aromatic rings. The highest BCUT2D eigenvalue weighted by atomic mass is 32.2. The van der Waals surface area contributed by atoms with Crippen LogP contribution in [0.5, 0.6) is 0 Å². The number of rotatable bonds is 3. The highest BCUT2D eigenvalue weighted by Crippen LogP contribution is 2.24. The largest absolute Gasteiger partial charge is 0.443 e. The highest BCUT2D eigenvalue weighted by molar-refractivity contribution is 7.84. The van der Waals surface area contributed by atoms with Gasteiger partial charge in [-0.3, -0.25) is 18.6 Å². The molecule has 0 aromatic carbocycles. The molecular weight excluding hydrogens is 500 g/mol. The Morgan fingerprint density at radius 1 is 1.06 bits per heavy atom. The van der Waals surface area contributed by atoms with Crippen molar-refractivity contribution >= 4 is 51.2 Å². The second kappa shape index (κ2) is 10.1. The molecule has 1 unspecified atom stereocenters. The normalized spacial score (nSPS) is 20.0. The van der Waals surface area contributed by atoms with E-state index in [1.165, 1.54) is 22.7 Å². The van der Waals surface area contributed by atoms with Crippen molar-refractivity contribution < 1.29 is 23.0 Å². The van der Waals surface area contributed by atoms with Crippen molar-refractivity contribution in [2.24, 2.45) is 0 Å². The van der Waals surface area contributed by atoms with Crippen molar-refractivity contribution in [3.63, 3.8) is 0 Å². The fourth-order valence-electron chi connectivity index (χ4n) is 3.21. The number of nitrogens with zero attached hydrogens (tertiary/aromatic N) is 3. The minimum absolute atomic E-state index is 0.110. The Kier molecular flexibility index (Phi) is 7.19. The molecule has 0 saturated heterocycles. The number of hydrogen-bond acceptors (Lipinski definition) is 10. The van der Waals surface area contributed by atoms with Crippen LogP contribution >= 0.6 is 22.7 Å². The van der Waals surface area contributed by atoms with Crippen LogP contribution in [0.2, 0.25) is 0 Å². The summed E-state index contributed by atoms with van der Waals surface area (Å²) in [4.78, 5) is 51.2. The van der Waals surface area contributed by atoms with Crippen LogP contribution in [0.1, 0.15) is 78.6 Å². The zero-order chi connectivity index (χ0) is 24.4. The SMILES string of the molecule is Cc1oc2nc1C(=O)NCc1nc(cs1)C(=O)N[C@H](CCS(C)=O)c1nc(cs1)C(=O)N[C@H]2C. The zero-order valence-corrected chi connectivity index (χ0v) is 21.0. The van der Waals surface area contributed by atoms with Gasteiger partial charge in [-0.15, -0.1) is 22.7 Å². The molecule has 0 radical (unpaired) electrons. The first-order chi connectivity index (χ1) is 16.2. The molecule has 180 valence electrons. The monoisotopic (exact) mass is 522 g/mol. The van der Waals surface area contributed by atoms with Gasteiger partial charge in [0, 0.05) is 33.6 Å². The fourth-order valence-corrected chi connectivity index (χ4v) is 5.37. The van der Waals surface area contributed by atoms with E-state index in [0.717, 1.165) is 0 Å². The summed E-state index contributed by atoms with van der Waals surface area (Å²) in [5.41, 5.74) is 0.474. The minimum atomic E-state index is -1.07. The third kappa shape index (κ3) is 5.39. The second-order valence-electron chi connectivity index (χ2n) is 7.62. The molecule has 34 heavy (non-hydrogen) atoms. The van der Waals surface area contributed by atoms with Gasteiger partial charge in [0.15, 0.2) is 5.69 Å². The van der Waals surface area contributed by atoms with E-state index in [1.807, 2.05) is 0 Å². The number of thiazole rings is 2. The Labute approximate surface area is 205 Å². The maximum atomic E-state index is 12.8. The van der Waals surface area contributed by atoms with Gasteiger partial charge >= 0.3 is 0 Å². The van der Waals surface area contributed by atoms with E-state index in [1.54, 1.807) is 30.9 Å². The molecule has 1 aliphatic heterocycles. The smallest absolute Gasteiger partial charge is 0.273 e. The lowest BCUT2D eigenvalue weighted by atomic mass is 10.2. The summed E-state index contributed by atoms with van der Waals surface area (Å²) in [6, 6.07) is -1.16. The lowest BCUT2D eigenvalue weighted by Crippen LogP contribution is -2.31. The maximum Gasteiger partial charge on any atom is 0.273 e. The third-order valence-electron chi connectivity index (χ3n) is 4.98. The molecule has 4 heterocycles. The van der Waals surface area contributed by atoms with Crippen molar-refractivity contribution in [3.05, 3.63) is 49.5 Å². The molecule has 0 saturated carbocycles. The van der Waals surface area contributed by atoms with Gasteiger partial charge in [0.05, 0.1) is 12.6 Å². The number of carbonyl (C=O) groups is 3. The number of aryl methyl sites for hydroxylation is 1. The Morgan fingerprint density at radius 3 is 2.53 bits per heavy atom. The quantitative estimate of drug-likeness (QED) is 0.471. The van der Waals surface area contributed by atoms with Gasteiger partial charge in [-0.1, -0.05) is 0 Å². The zero-order valence-electron chi connectivity index (χ0n) is 18.5. The van der Waals surface area contributed by atoms with Gasteiger partial charge in [0.1, 0.15) is 33.2 Å². The number of aromatic nitrogens is 3. The summed E-state index contributed by atoms with van der Waals surface area (Å²) < 4.78 is 17.3. The summed E-state index contributed by atoms with van der Waals surface area (Å²) in [6.07, 6.45) is 1.97. The molecule has 6 bridgehead atoms. The van der Waals surface area contributed by atoms with Crippen LogP contribution in [0.25, 0.3) is 0 Å². The first-order valence-electron chi connectivity index (χ1n) is 10.3. The predicted molar refractivity (Wildman–Crippen MR) is 126 cm³/mol. The van der Waals surface area contributed by atoms with E-state index in [0.29, 0.717) is 27.9 Å². The van der Waals surface area contributed by atoms with E-state index in [4.69, 9.17) is 4.42 Å². The van der Waals surface area contributed by atoms with Crippen molar-refractivity contribution in [1.29, 1.82) is 0 Å². The average Bonchev–Trinajstić information content (AvgIpc) is 3.53. The molecule has 0 aliphatic carbocycles. The second-order valence-corrected chi connectivity index (χ2v) is 11.0. The van der Waals surface area contributed by atoms with Crippen LogP contribution in [0.15, 0.2) is 15.2 Å². The fraction of sp³-hybridized carbons (Fsp3) is 0.400. The molecule has 0 fully saturated rings. The summed E-state index contributed by atoms with van der Waals surface area (Å²) >= 11 is 2.47. The van der Waals surface area contributed by atoms with Gasteiger partial charge in [-0.2, -0.15) is 0 Å². The van der Waals surface area contributed by atoms with Crippen molar-refractivity contribution in [2.45, 2.75) is 38.9 Å². The molecule has 3 N–H and O–H groups in total. The molecule has 1 aliphatic rings. The van der Waals surface area contributed by atoms with Gasteiger partial charge in [0.25, 0.3) is 17.7 Å². The van der Waals surface area contributed by atoms with Gasteiger partial charge in [0.2, 0.25) is 5.89 Å². The summed E-state index contributed by atoms with van der Waals surface area (Å²) in [6.45, 7) is 3.41. The van der Waals surface area contributed by atoms with E-state index in [9.17, 15) is 18.6 Å². The number of oxazole rings is 1. The number of hydrogen-bond donors (Lipinski definition) is 3. The van der Waals surface area contributed by atoms with Crippen molar-refractivity contribution in [1.82, 2.24) is 30.9 Å². The number of fused-ring (bicyclic) bond motifs is 6. The lowest BCUT2D eigenvalue weighted by molar-refractivity contribution is 0.0926. The van der Waals surface area contributed by atoms with Crippen LogP contribution < -0.4 is 16.0 Å². The van der Waals surface area contributed by atoms with E-state index >= 15 is 0 Å². The Hall–Kier alpha value is -2.97. The van der Waals surface area contributed by atoms with E-state index in [2.05, 4.69) is 30.9 Å². The summed E-state index contributed by atoms with van der Waals surface area (Å²) in [5.74, 6) is -0.467. The van der Waals surface area contributed by atoms with Crippen LogP contribution in [0, 0.1) is 6.92 Å². The molecule has 3 amide bonds. The topological polar surface area (TPSA) is 156 Å². The molecule has 0 spiro atoms. The minimum Gasteiger partial charge on any atom is -0.443 e. The lowest BCUT2D eigenvalue weighted by Gasteiger charge is -2.15.